The number of ether oxygens (including phenoxy) is 2. The van der Waals surface area contributed by atoms with Crippen LogP contribution in [-0.4, -0.2) is 34.2 Å². The van der Waals surface area contributed by atoms with E-state index in [2.05, 4.69) is 4.74 Å². The second-order valence-corrected chi connectivity index (χ2v) is 7.78. The van der Waals surface area contributed by atoms with Crippen LogP contribution in [0.3, 0.4) is 0 Å². The van der Waals surface area contributed by atoms with Crippen LogP contribution in [0.15, 0.2) is 53.4 Å². The molecular formula is C20H24O6S. The van der Waals surface area contributed by atoms with Crippen LogP contribution in [0.1, 0.15) is 24.5 Å². The summed E-state index contributed by atoms with van der Waals surface area (Å²) in [6.07, 6.45) is 0.0310. The van der Waals surface area contributed by atoms with Gasteiger partial charge in [-0.1, -0.05) is 29.8 Å². The summed E-state index contributed by atoms with van der Waals surface area (Å²) in [5, 5.41) is 0. The van der Waals surface area contributed by atoms with Gasteiger partial charge in [-0.2, -0.15) is 8.42 Å². The van der Waals surface area contributed by atoms with Crippen molar-refractivity contribution in [2.24, 2.45) is 0 Å². The van der Waals surface area contributed by atoms with Gasteiger partial charge in [0.1, 0.15) is 5.75 Å². The van der Waals surface area contributed by atoms with Crippen molar-refractivity contribution in [3.05, 3.63) is 59.7 Å². The molecule has 0 aliphatic carbocycles. The molecule has 0 heterocycles. The third-order valence-corrected chi connectivity index (χ3v) is 5.30. The molecule has 2 rings (SSSR count). The first-order valence-electron chi connectivity index (χ1n) is 8.58. The number of methoxy groups -OCH3 is 1. The lowest BCUT2D eigenvalue weighted by Crippen LogP contribution is -2.18. The van der Waals surface area contributed by atoms with Gasteiger partial charge in [0.05, 0.1) is 31.1 Å². The van der Waals surface area contributed by atoms with Gasteiger partial charge in [0.2, 0.25) is 0 Å². The fraction of sp³-hybridized carbons (Fsp3) is 0.350. The van der Waals surface area contributed by atoms with Crippen LogP contribution in [0.2, 0.25) is 0 Å². The number of esters is 1. The van der Waals surface area contributed by atoms with Gasteiger partial charge < -0.3 is 9.47 Å². The summed E-state index contributed by atoms with van der Waals surface area (Å²) in [7, 11) is -2.46. The number of hydrogen-bond donors (Lipinski definition) is 0. The zero-order chi connectivity index (χ0) is 19.9. The van der Waals surface area contributed by atoms with Crippen LogP contribution in [0.5, 0.6) is 5.75 Å². The van der Waals surface area contributed by atoms with E-state index in [0.29, 0.717) is 12.2 Å². The molecule has 0 bridgehead atoms. The standard InChI is InChI=1S/C20H24O6S/c1-15-7-9-19(10-8-15)27(22,23)26-16(2)11-12-25-18-6-4-5-17(13-18)14-20(21)24-3/h4-10,13,16H,11-12,14H2,1-3H3. The van der Waals surface area contributed by atoms with Crippen molar-refractivity contribution in [3.63, 3.8) is 0 Å². The Hall–Kier alpha value is -2.38. The monoisotopic (exact) mass is 392 g/mol. The van der Waals surface area contributed by atoms with E-state index < -0.39 is 16.2 Å². The van der Waals surface area contributed by atoms with E-state index in [4.69, 9.17) is 8.92 Å². The topological polar surface area (TPSA) is 78.9 Å². The third kappa shape index (κ3) is 6.69. The fourth-order valence-corrected chi connectivity index (χ4v) is 3.46. The maximum atomic E-state index is 12.3. The Kier molecular flexibility index (Phi) is 7.38. The third-order valence-electron chi connectivity index (χ3n) is 3.87. The van der Waals surface area contributed by atoms with Crippen LogP contribution >= 0.6 is 0 Å². The van der Waals surface area contributed by atoms with Crippen molar-refractivity contribution in [3.8, 4) is 5.75 Å². The van der Waals surface area contributed by atoms with Crippen LogP contribution in [0, 0.1) is 6.92 Å². The van der Waals surface area contributed by atoms with E-state index in [1.807, 2.05) is 13.0 Å². The molecule has 0 saturated heterocycles. The Morgan fingerprint density at radius 3 is 2.48 bits per heavy atom. The lowest BCUT2D eigenvalue weighted by molar-refractivity contribution is -0.139. The minimum absolute atomic E-state index is 0.136. The van der Waals surface area contributed by atoms with E-state index in [1.54, 1.807) is 37.3 Å². The second-order valence-electron chi connectivity index (χ2n) is 6.21. The first kappa shape index (κ1) is 20.9. The molecule has 2 aromatic rings. The molecular weight excluding hydrogens is 368 g/mol. The quantitative estimate of drug-likeness (QED) is 0.481. The van der Waals surface area contributed by atoms with E-state index in [1.165, 1.54) is 19.2 Å². The number of carbonyl (C=O) groups is 1. The van der Waals surface area contributed by atoms with Gasteiger partial charge >= 0.3 is 5.97 Å². The van der Waals surface area contributed by atoms with Crippen LogP contribution < -0.4 is 4.74 Å². The van der Waals surface area contributed by atoms with E-state index in [0.717, 1.165) is 11.1 Å². The molecule has 146 valence electrons. The molecule has 0 aromatic heterocycles. The molecule has 0 aliphatic rings. The summed E-state index contributed by atoms with van der Waals surface area (Å²) in [6.45, 7) is 3.85. The van der Waals surface area contributed by atoms with Crippen LogP contribution in [0.4, 0.5) is 0 Å². The number of hydrogen-bond acceptors (Lipinski definition) is 6. The first-order valence-corrected chi connectivity index (χ1v) is 9.99. The zero-order valence-electron chi connectivity index (χ0n) is 15.7. The summed E-state index contributed by atoms with van der Waals surface area (Å²) in [4.78, 5) is 11.5. The maximum absolute atomic E-state index is 12.3. The molecule has 2 aromatic carbocycles. The molecule has 0 spiro atoms. The smallest absolute Gasteiger partial charge is 0.309 e. The predicted octanol–water partition coefficient (Wildman–Crippen LogP) is 3.27. The van der Waals surface area contributed by atoms with Crippen molar-refractivity contribution >= 4 is 16.1 Å². The van der Waals surface area contributed by atoms with Gasteiger partial charge in [-0.3, -0.25) is 8.98 Å². The van der Waals surface area contributed by atoms with Crippen molar-refractivity contribution in [2.75, 3.05) is 13.7 Å². The number of carbonyl (C=O) groups excluding carboxylic acids is 1. The van der Waals surface area contributed by atoms with Gasteiger partial charge in [-0.05, 0) is 43.7 Å². The Morgan fingerprint density at radius 2 is 1.81 bits per heavy atom. The average Bonchev–Trinajstić information content (AvgIpc) is 2.62. The first-order chi connectivity index (χ1) is 12.8. The summed E-state index contributed by atoms with van der Waals surface area (Å²) < 4.78 is 40.0. The van der Waals surface area contributed by atoms with Crippen LogP contribution in [0.25, 0.3) is 0 Å². The van der Waals surface area contributed by atoms with Gasteiger partial charge in [0.25, 0.3) is 10.1 Å². The maximum Gasteiger partial charge on any atom is 0.309 e. The van der Waals surface area contributed by atoms with E-state index in [-0.39, 0.29) is 23.9 Å². The van der Waals surface area contributed by atoms with Crippen LogP contribution in [-0.2, 0) is 30.3 Å². The lowest BCUT2D eigenvalue weighted by atomic mass is 10.1. The average molecular weight is 392 g/mol. The van der Waals surface area contributed by atoms with Gasteiger partial charge in [0, 0.05) is 6.42 Å². The fourth-order valence-electron chi connectivity index (χ4n) is 2.35. The molecule has 6 nitrogen and oxygen atoms in total. The SMILES string of the molecule is COC(=O)Cc1cccc(OCCC(C)OS(=O)(=O)c2ccc(C)cc2)c1. The predicted molar refractivity (Wildman–Crippen MR) is 101 cm³/mol. The highest BCUT2D eigenvalue weighted by molar-refractivity contribution is 7.86. The molecule has 1 unspecified atom stereocenters. The van der Waals surface area contributed by atoms with Crippen molar-refractivity contribution in [2.45, 2.75) is 37.7 Å². The highest BCUT2D eigenvalue weighted by Crippen LogP contribution is 2.18. The summed E-state index contributed by atoms with van der Waals surface area (Å²) in [5.41, 5.74) is 1.76. The van der Waals surface area contributed by atoms with E-state index in [9.17, 15) is 13.2 Å². The molecule has 27 heavy (non-hydrogen) atoms. The van der Waals surface area contributed by atoms with E-state index >= 15 is 0 Å². The minimum Gasteiger partial charge on any atom is -0.493 e. The molecule has 1 atom stereocenters. The molecule has 0 N–H and O–H groups in total. The lowest BCUT2D eigenvalue weighted by Gasteiger charge is -2.14. The zero-order valence-corrected chi connectivity index (χ0v) is 16.5. The highest BCUT2D eigenvalue weighted by Gasteiger charge is 2.19. The minimum atomic E-state index is -3.80. The Bertz CT molecular complexity index is 858. The molecule has 0 radical (unpaired) electrons. The van der Waals surface area contributed by atoms with Gasteiger partial charge in [-0.25, -0.2) is 0 Å². The largest absolute Gasteiger partial charge is 0.493 e. The van der Waals surface area contributed by atoms with Crippen molar-refractivity contribution < 1.29 is 26.9 Å². The Balaban J connectivity index is 1.85. The normalized spacial score (nSPS) is 12.4. The molecule has 0 aliphatic heterocycles. The number of aryl methyl sites for hydroxylation is 1. The summed E-state index contributed by atoms with van der Waals surface area (Å²) in [5.74, 6) is 0.278. The van der Waals surface area contributed by atoms with Gasteiger partial charge in [0.15, 0.2) is 0 Å². The van der Waals surface area contributed by atoms with Gasteiger partial charge in [-0.15, -0.1) is 0 Å². The molecule has 0 amide bonds. The number of rotatable bonds is 9. The second kappa shape index (κ2) is 9.53. The molecule has 0 fully saturated rings. The molecule has 7 heteroatoms. The van der Waals surface area contributed by atoms with Crippen molar-refractivity contribution in [1.29, 1.82) is 0 Å². The summed E-state index contributed by atoms with van der Waals surface area (Å²) >= 11 is 0. The summed E-state index contributed by atoms with van der Waals surface area (Å²) in [6, 6.07) is 13.6. The van der Waals surface area contributed by atoms with Crippen molar-refractivity contribution in [1.82, 2.24) is 0 Å². The Labute approximate surface area is 160 Å². The molecule has 0 saturated carbocycles. The number of benzene rings is 2. The highest BCUT2D eigenvalue weighted by atomic mass is 32.2. The Morgan fingerprint density at radius 1 is 1.11 bits per heavy atom.